The van der Waals surface area contributed by atoms with Gasteiger partial charge in [0.25, 0.3) is 0 Å². The van der Waals surface area contributed by atoms with E-state index in [1.165, 1.54) is 60.4 Å². The van der Waals surface area contributed by atoms with Gasteiger partial charge in [0.2, 0.25) is 0 Å². The standard InChI is InChI=1S/C30H22N2/c1-2-8-22(9-3-1)32-29-13-7-5-11-25(29)26-18-20(15-17-30(26)32)21-14-16-24-23-10-4-6-12-27(23)31-28(24)19-21/h1-2,4-8,10-19,31H,3,9H2. The zero-order valence-electron chi connectivity index (χ0n) is 17.7. The van der Waals surface area contributed by atoms with Gasteiger partial charge < -0.3 is 9.55 Å². The van der Waals surface area contributed by atoms with E-state index in [9.17, 15) is 0 Å². The van der Waals surface area contributed by atoms with Crippen molar-refractivity contribution in [3.05, 3.63) is 103 Å². The summed E-state index contributed by atoms with van der Waals surface area (Å²) in [6, 6.07) is 31.0. The maximum atomic E-state index is 3.58. The summed E-state index contributed by atoms with van der Waals surface area (Å²) in [4.78, 5) is 3.58. The van der Waals surface area contributed by atoms with E-state index in [0.717, 1.165) is 12.8 Å². The molecule has 0 saturated carbocycles. The molecule has 152 valence electrons. The van der Waals surface area contributed by atoms with Gasteiger partial charge in [-0.1, -0.05) is 66.7 Å². The number of benzene rings is 4. The lowest BCUT2D eigenvalue weighted by atomic mass is 10.0. The predicted molar refractivity (Wildman–Crippen MR) is 137 cm³/mol. The SMILES string of the molecule is C1=CCCC(n2c3ccccc3c3cc(-c4ccc5c(c4)[nH]c4ccccc45)ccc32)=C1. The normalized spacial score (nSPS) is 14.1. The number of allylic oxidation sites excluding steroid dienone is 4. The number of aromatic nitrogens is 2. The summed E-state index contributed by atoms with van der Waals surface area (Å²) in [6.07, 6.45) is 8.86. The van der Waals surface area contributed by atoms with Crippen molar-refractivity contribution in [1.29, 1.82) is 0 Å². The molecule has 2 nitrogen and oxygen atoms in total. The molecule has 2 heterocycles. The van der Waals surface area contributed by atoms with Crippen LogP contribution in [-0.4, -0.2) is 9.55 Å². The first-order valence-electron chi connectivity index (χ1n) is 11.3. The first kappa shape index (κ1) is 17.6. The molecular weight excluding hydrogens is 388 g/mol. The molecule has 1 aliphatic rings. The Bertz CT molecular complexity index is 1720. The summed E-state index contributed by atoms with van der Waals surface area (Å²) in [5.41, 5.74) is 8.79. The smallest absolute Gasteiger partial charge is 0.0538 e. The molecule has 0 bridgehead atoms. The van der Waals surface area contributed by atoms with Crippen LogP contribution >= 0.6 is 0 Å². The minimum Gasteiger partial charge on any atom is -0.354 e. The average Bonchev–Trinajstić information content (AvgIpc) is 3.39. The Balaban J connectivity index is 1.45. The Morgan fingerprint density at radius 2 is 1.38 bits per heavy atom. The number of nitrogens with one attached hydrogen (secondary N) is 1. The van der Waals surface area contributed by atoms with Crippen LogP contribution in [0.3, 0.4) is 0 Å². The Labute approximate surface area is 186 Å². The van der Waals surface area contributed by atoms with Crippen molar-refractivity contribution in [3.8, 4) is 11.1 Å². The van der Waals surface area contributed by atoms with Crippen LogP contribution in [0.4, 0.5) is 0 Å². The third kappa shape index (κ3) is 2.53. The molecule has 2 aromatic heterocycles. The summed E-state index contributed by atoms with van der Waals surface area (Å²) in [7, 11) is 0. The van der Waals surface area contributed by atoms with Gasteiger partial charge in [0, 0.05) is 38.3 Å². The predicted octanol–water partition coefficient (Wildman–Crippen LogP) is 8.29. The van der Waals surface area contributed by atoms with E-state index in [4.69, 9.17) is 0 Å². The van der Waals surface area contributed by atoms with E-state index in [-0.39, 0.29) is 0 Å². The fourth-order valence-electron chi connectivity index (χ4n) is 5.27. The van der Waals surface area contributed by atoms with Gasteiger partial charge in [0.1, 0.15) is 0 Å². The summed E-state index contributed by atoms with van der Waals surface area (Å²) >= 11 is 0. The van der Waals surface area contributed by atoms with Crippen LogP contribution < -0.4 is 0 Å². The number of hydrogen-bond acceptors (Lipinski definition) is 0. The highest BCUT2D eigenvalue weighted by molar-refractivity contribution is 6.12. The second kappa shape index (κ2) is 6.73. The minimum atomic E-state index is 1.07. The average molecular weight is 411 g/mol. The number of para-hydroxylation sites is 2. The lowest BCUT2D eigenvalue weighted by Gasteiger charge is -2.14. The molecule has 0 spiro atoms. The Morgan fingerprint density at radius 1 is 0.625 bits per heavy atom. The first-order valence-corrected chi connectivity index (χ1v) is 11.3. The number of aromatic amines is 1. The molecule has 0 saturated heterocycles. The molecule has 0 fully saturated rings. The number of hydrogen-bond donors (Lipinski definition) is 1. The van der Waals surface area contributed by atoms with Crippen molar-refractivity contribution in [2.24, 2.45) is 0 Å². The number of fused-ring (bicyclic) bond motifs is 6. The number of nitrogens with zero attached hydrogens (tertiary/aromatic N) is 1. The molecule has 1 aliphatic carbocycles. The largest absolute Gasteiger partial charge is 0.354 e. The van der Waals surface area contributed by atoms with Gasteiger partial charge in [-0.2, -0.15) is 0 Å². The van der Waals surface area contributed by atoms with Crippen molar-refractivity contribution in [2.45, 2.75) is 12.8 Å². The topological polar surface area (TPSA) is 20.7 Å². The molecule has 4 aromatic carbocycles. The number of rotatable bonds is 2. The van der Waals surface area contributed by atoms with Crippen LogP contribution in [0, 0.1) is 0 Å². The summed E-state index contributed by atoms with van der Waals surface area (Å²) in [6.45, 7) is 0. The van der Waals surface area contributed by atoms with E-state index < -0.39 is 0 Å². The summed E-state index contributed by atoms with van der Waals surface area (Å²) in [5.74, 6) is 0. The third-order valence-electron chi connectivity index (χ3n) is 6.79. The monoisotopic (exact) mass is 410 g/mol. The second-order valence-corrected chi connectivity index (χ2v) is 8.64. The van der Waals surface area contributed by atoms with Gasteiger partial charge >= 0.3 is 0 Å². The first-order chi connectivity index (χ1) is 15.9. The molecule has 1 N–H and O–H groups in total. The summed E-state index contributed by atoms with van der Waals surface area (Å²) < 4.78 is 2.44. The van der Waals surface area contributed by atoms with E-state index in [2.05, 4.69) is 113 Å². The van der Waals surface area contributed by atoms with Gasteiger partial charge in [-0.05, 0) is 60.4 Å². The van der Waals surface area contributed by atoms with E-state index in [0.29, 0.717) is 0 Å². The lowest BCUT2D eigenvalue weighted by molar-refractivity contribution is 0.979. The zero-order chi connectivity index (χ0) is 21.1. The maximum Gasteiger partial charge on any atom is 0.0538 e. The zero-order valence-corrected chi connectivity index (χ0v) is 17.7. The van der Waals surface area contributed by atoms with Crippen molar-refractivity contribution >= 4 is 49.3 Å². The van der Waals surface area contributed by atoms with E-state index in [1.807, 2.05) is 0 Å². The van der Waals surface area contributed by atoms with Crippen LogP contribution in [0.5, 0.6) is 0 Å². The molecular formula is C30H22N2. The highest BCUT2D eigenvalue weighted by atomic mass is 15.0. The molecule has 7 rings (SSSR count). The fourth-order valence-corrected chi connectivity index (χ4v) is 5.27. The van der Waals surface area contributed by atoms with Crippen LogP contribution in [-0.2, 0) is 0 Å². The van der Waals surface area contributed by atoms with E-state index in [1.54, 1.807) is 0 Å². The third-order valence-corrected chi connectivity index (χ3v) is 6.79. The fraction of sp³-hybridized carbons (Fsp3) is 0.0667. The van der Waals surface area contributed by atoms with Gasteiger partial charge in [0.15, 0.2) is 0 Å². The van der Waals surface area contributed by atoms with Crippen LogP contribution in [0.25, 0.3) is 60.4 Å². The molecule has 0 aliphatic heterocycles. The lowest BCUT2D eigenvalue weighted by Crippen LogP contribution is -1.98. The molecule has 0 amide bonds. The van der Waals surface area contributed by atoms with Gasteiger partial charge in [-0.3, -0.25) is 0 Å². The van der Waals surface area contributed by atoms with Crippen molar-refractivity contribution < 1.29 is 0 Å². The van der Waals surface area contributed by atoms with Gasteiger partial charge in [-0.25, -0.2) is 0 Å². The van der Waals surface area contributed by atoms with E-state index >= 15 is 0 Å². The molecule has 0 atom stereocenters. The molecule has 0 radical (unpaired) electrons. The van der Waals surface area contributed by atoms with Crippen LogP contribution in [0.15, 0.2) is 103 Å². The summed E-state index contributed by atoms with van der Waals surface area (Å²) in [5, 5.41) is 5.18. The molecule has 32 heavy (non-hydrogen) atoms. The molecule has 0 unspecified atom stereocenters. The minimum absolute atomic E-state index is 1.07. The highest BCUT2D eigenvalue weighted by Crippen LogP contribution is 2.37. The quantitative estimate of drug-likeness (QED) is 0.296. The van der Waals surface area contributed by atoms with Crippen LogP contribution in [0.1, 0.15) is 12.8 Å². The molecule has 6 aromatic rings. The Morgan fingerprint density at radius 3 is 2.28 bits per heavy atom. The second-order valence-electron chi connectivity index (χ2n) is 8.64. The maximum absolute atomic E-state index is 3.58. The Kier molecular flexibility index (Phi) is 3.71. The van der Waals surface area contributed by atoms with Crippen molar-refractivity contribution in [2.75, 3.05) is 0 Å². The highest BCUT2D eigenvalue weighted by Gasteiger charge is 2.15. The van der Waals surface area contributed by atoms with Crippen molar-refractivity contribution in [1.82, 2.24) is 9.55 Å². The van der Waals surface area contributed by atoms with Gasteiger partial charge in [0.05, 0.1) is 11.0 Å². The van der Waals surface area contributed by atoms with Crippen LogP contribution in [0.2, 0.25) is 0 Å². The molecule has 2 heteroatoms. The van der Waals surface area contributed by atoms with Gasteiger partial charge in [-0.15, -0.1) is 0 Å². The number of H-pyrrole nitrogens is 1. The Hall–Kier alpha value is -4.04. The van der Waals surface area contributed by atoms with Crippen molar-refractivity contribution in [3.63, 3.8) is 0 Å².